The van der Waals surface area contributed by atoms with E-state index in [1.807, 2.05) is 12.1 Å². The molecular weight excluding hydrogens is 214 g/mol. The van der Waals surface area contributed by atoms with Crippen LogP contribution < -0.4 is 5.32 Å². The van der Waals surface area contributed by atoms with Crippen molar-refractivity contribution in [1.29, 1.82) is 0 Å². The maximum absolute atomic E-state index is 9.40. The highest BCUT2D eigenvalue weighted by Crippen LogP contribution is 2.17. The van der Waals surface area contributed by atoms with Gasteiger partial charge in [0.2, 0.25) is 0 Å². The SMILES string of the molecule is CC(NCc1cncnc1)c1cccc(O)c1. The second kappa shape index (κ2) is 5.41. The number of phenolic OH excluding ortho intramolecular Hbond substituents is 1. The van der Waals surface area contributed by atoms with Crippen LogP contribution in [-0.2, 0) is 6.54 Å². The summed E-state index contributed by atoms with van der Waals surface area (Å²) in [6.07, 6.45) is 5.09. The van der Waals surface area contributed by atoms with E-state index in [-0.39, 0.29) is 6.04 Å². The molecule has 88 valence electrons. The van der Waals surface area contributed by atoms with Crippen LogP contribution in [0.4, 0.5) is 0 Å². The number of nitrogens with one attached hydrogen (secondary N) is 1. The molecule has 0 fully saturated rings. The fraction of sp³-hybridized carbons (Fsp3) is 0.231. The van der Waals surface area contributed by atoms with E-state index >= 15 is 0 Å². The van der Waals surface area contributed by atoms with E-state index in [2.05, 4.69) is 22.2 Å². The van der Waals surface area contributed by atoms with Gasteiger partial charge in [-0.05, 0) is 24.6 Å². The van der Waals surface area contributed by atoms with E-state index in [1.165, 1.54) is 6.33 Å². The van der Waals surface area contributed by atoms with Gasteiger partial charge in [-0.15, -0.1) is 0 Å². The first-order valence-corrected chi connectivity index (χ1v) is 5.52. The molecule has 0 radical (unpaired) electrons. The molecule has 1 aromatic carbocycles. The number of hydrogen-bond donors (Lipinski definition) is 2. The topological polar surface area (TPSA) is 58.0 Å². The number of benzene rings is 1. The average Bonchev–Trinajstić information content (AvgIpc) is 2.37. The van der Waals surface area contributed by atoms with Crippen LogP contribution in [0, 0.1) is 0 Å². The second-order valence-corrected chi connectivity index (χ2v) is 3.94. The predicted octanol–water partition coefficient (Wildman–Crippen LogP) is 2.03. The van der Waals surface area contributed by atoms with Crippen LogP contribution in [0.2, 0.25) is 0 Å². The molecular formula is C13H15N3O. The minimum Gasteiger partial charge on any atom is -0.508 e. The number of aromatic nitrogens is 2. The van der Waals surface area contributed by atoms with Gasteiger partial charge in [0.15, 0.2) is 0 Å². The van der Waals surface area contributed by atoms with Gasteiger partial charge in [-0.1, -0.05) is 12.1 Å². The van der Waals surface area contributed by atoms with Crippen LogP contribution in [0.1, 0.15) is 24.1 Å². The molecule has 0 aliphatic carbocycles. The molecule has 2 aromatic rings. The monoisotopic (exact) mass is 229 g/mol. The van der Waals surface area contributed by atoms with Gasteiger partial charge in [0, 0.05) is 30.5 Å². The number of nitrogens with zero attached hydrogens (tertiary/aromatic N) is 2. The zero-order chi connectivity index (χ0) is 12.1. The molecule has 0 saturated heterocycles. The zero-order valence-corrected chi connectivity index (χ0v) is 9.67. The third-order valence-corrected chi connectivity index (χ3v) is 2.60. The summed E-state index contributed by atoms with van der Waals surface area (Å²) in [6, 6.07) is 7.43. The standard InChI is InChI=1S/C13H15N3O/c1-10(12-3-2-4-13(17)5-12)16-8-11-6-14-9-15-7-11/h2-7,9-10,16-17H,8H2,1H3. The van der Waals surface area contributed by atoms with Crippen molar-refractivity contribution in [1.82, 2.24) is 15.3 Å². The molecule has 2 rings (SSSR count). The van der Waals surface area contributed by atoms with Crippen molar-refractivity contribution in [3.63, 3.8) is 0 Å². The van der Waals surface area contributed by atoms with Crippen LogP contribution in [0.15, 0.2) is 43.0 Å². The Balaban J connectivity index is 1.96. The van der Waals surface area contributed by atoms with Crippen molar-refractivity contribution in [2.45, 2.75) is 19.5 Å². The number of phenols is 1. The lowest BCUT2D eigenvalue weighted by molar-refractivity contribution is 0.472. The van der Waals surface area contributed by atoms with Gasteiger partial charge in [0.1, 0.15) is 12.1 Å². The lowest BCUT2D eigenvalue weighted by Gasteiger charge is -2.14. The van der Waals surface area contributed by atoms with Crippen LogP contribution >= 0.6 is 0 Å². The Bertz CT molecular complexity index is 473. The largest absolute Gasteiger partial charge is 0.508 e. The van der Waals surface area contributed by atoms with Crippen molar-refractivity contribution in [3.8, 4) is 5.75 Å². The number of hydrogen-bond acceptors (Lipinski definition) is 4. The Morgan fingerprint density at radius 3 is 2.76 bits per heavy atom. The summed E-state index contributed by atoms with van der Waals surface area (Å²) in [5.74, 6) is 0.291. The minimum absolute atomic E-state index is 0.169. The Morgan fingerprint density at radius 2 is 2.06 bits per heavy atom. The smallest absolute Gasteiger partial charge is 0.115 e. The number of aromatic hydroxyl groups is 1. The van der Waals surface area contributed by atoms with E-state index in [0.29, 0.717) is 12.3 Å². The van der Waals surface area contributed by atoms with Gasteiger partial charge in [0.25, 0.3) is 0 Å². The molecule has 1 aromatic heterocycles. The molecule has 2 N–H and O–H groups in total. The zero-order valence-electron chi connectivity index (χ0n) is 9.67. The predicted molar refractivity (Wildman–Crippen MR) is 65.4 cm³/mol. The van der Waals surface area contributed by atoms with Crippen molar-refractivity contribution >= 4 is 0 Å². The molecule has 1 atom stereocenters. The molecule has 0 saturated carbocycles. The van der Waals surface area contributed by atoms with E-state index in [4.69, 9.17) is 0 Å². The Kier molecular flexibility index (Phi) is 3.67. The molecule has 0 spiro atoms. The van der Waals surface area contributed by atoms with E-state index in [0.717, 1.165) is 11.1 Å². The van der Waals surface area contributed by atoms with Crippen molar-refractivity contribution in [3.05, 3.63) is 54.1 Å². The number of rotatable bonds is 4. The molecule has 0 aliphatic rings. The van der Waals surface area contributed by atoms with Gasteiger partial charge in [-0.2, -0.15) is 0 Å². The molecule has 1 heterocycles. The molecule has 4 nitrogen and oxygen atoms in total. The fourth-order valence-electron chi connectivity index (χ4n) is 1.60. The van der Waals surface area contributed by atoms with Crippen molar-refractivity contribution in [2.24, 2.45) is 0 Å². The summed E-state index contributed by atoms with van der Waals surface area (Å²) in [4.78, 5) is 7.92. The van der Waals surface area contributed by atoms with E-state index < -0.39 is 0 Å². The van der Waals surface area contributed by atoms with Gasteiger partial charge in [-0.3, -0.25) is 0 Å². The normalized spacial score (nSPS) is 12.3. The third kappa shape index (κ3) is 3.26. The second-order valence-electron chi connectivity index (χ2n) is 3.94. The summed E-state index contributed by atoms with van der Waals surface area (Å²) in [7, 11) is 0. The summed E-state index contributed by atoms with van der Waals surface area (Å²) >= 11 is 0. The van der Waals surface area contributed by atoms with E-state index in [9.17, 15) is 5.11 Å². The molecule has 1 unspecified atom stereocenters. The molecule has 0 bridgehead atoms. The van der Waals surface area contributed by atoms with Crippen LogP contribution in [0.3, 0.4) is 0 Å². The highest BCUT2D eigenvalue weighted by atomic mass is 16.3. The van der Waals surface area contributed by atoms with Gasteiger partial charge in [0.05, 0.1) is 0 Å². The first kappa shape index (κ1) is 11.5. The highest BCUT2D eigenvalue weighted by molar-refractivity contribution is 5.29. The molecule has 4 heteroatoms. The Hall–Kier alpha value is -1.94. The van der Waals surface area contributed by atoms with Crippen LogP contribution in [0.25, 0.3) is 0 Å². The first-order valence-electron chi connectivity index (χ1n) is 5.52. The van der Waals surface area contributed by atoms with E-state index in [1.54, 1.807) is 24.5 Å². The summed E-state index contributed by atoms with van der Waals surface area (Å²) < 4.78 is 0. The van der Waals surface area contributed by atoms with Gasteiger partial charge < -0.3 is 10.4 Å². The van der Waals surface area contributed by atoms with Crippen LogP contribution in [0.5, 0.6) is 5.75 Å². The summed E-state index contributed by atoms with van der Waals surface area (Å²) in [5, 5.41) is 12.8. The lowest BCUT2D eigenvalue weighted by Crippen LogP contribution is -2.18. The Morgan fingerprint density at radius 1 is 1.29 bits per heavy atom. The summed E-state index contributed by atoms with van der Waals surface area (Å²) in [6.45, 7) is 2.76. The fourth-order valence-corrected chi connectivity index (χ4v) is 1.60. The Labute approximate surface area is 100 Å². The quantitative estimate of drug-likeness (QED) is 0.842. The first-order chi connectivity index (χ1) is 8.25. The molecule has 0 amide bonds. The maximum atomic E-state index is 9.40. The molecule has 17 heavy (non-hydrogen) atoms. The third-order valence-electron chi connectivity index (χ3n) is 2.60. The lowest BCUT2D eigenvalue weighted by atomic mass is 10.1. The highest BCUT2D eigenvalue weighted by Gasteiger charge is 2.05. The minimum atomic E-state index is 0.169. The van der Waals surface area contributed by atoms with Gasteiger partial charge in [-0.25, -0.2) is 9.97 Å². The van der Waals surface area contributed by atoms with Crippen LogP contribution in [-0.4, -0.2) is 15.1 Å². The average molecular weight is 229 g/mol. The van der Waals surface area contributed by atoms with Crippen molar-refractivity contribution in [2.75, 3.05) is 0 Å². The maximum Gasteiger partial charge on any atom is 0.115 e. The summed E-state index contributed by atoms with van der Waals surface area (Å²) in [5.41, 5.74) is 2.10. The van der Waals surface area contributed by atoms with Gasteiger partial charge >= 0.3 is 0 Å². The molecule has 0 aliphatic heterocycles. The van der Waals surface area contributed by atoms with Crippen molar-refractivity contribution < 1.29 is 5.11 Å².